The summed E-state index contributed by atoms with van der Waals surface area (Å²) in [7, 11) is -3.48. The average Bonchev–Trinajstić information content (AvgIpc) is 2.68. The van der Waals surface area contributed by atoms with Gasteiger partial charge in [-0.05, 0) is 74.8 Å². The van der Waals surface area contributed by atoms with Gasteiger partial charge in [0.1, 0.15) is 0 Å². The monoisotopic (exact) mass is 396 g/mol. The van der Waals surface area contributed by atoms with Crippen molar-refractivity contribution >= 4 is 16.1 Å². The molecule has 0 spiro atoms. The highest BCUT2D eigenvalue weighted by Gasteiger charge is 2.43. The number of nitrogens with zero attached hydrogens (tertiary/aromatic N) is 2. The Kier molecular flexibility index (Phi) is 5.39. The molecule has 1 aliphatic heterocycles. The molecule has 2 aliphatic rings. The summed E-state index contributed by atoms with van der Waals surface area (Å²) in [4.78, 5) is 4.86. The molecular weight excluding hydrogens is 368 g/mol. The van der Waals surface area contributed by atoms with E-state index < -0.39 is 10.0 Å². The summed E-state index contributed by atoms with van der Waals surface area (Å²) in [6.07, 6.45) is 7.90. The third-order valence-electron chi connectivity index (χ3n) is 6.08. The largest absolute Gasteiger partial charge is 0.257 e. The van der Waals surface area contributed by atoms with Gasteiger partial charge in [-0.2, -0.15) is 4.31 Å². The lowest BCUT2D eigenvalue weighted by molar-refractivity contribution is 0.144. The van der Waals surface area contributed by atoms with Gasteiger partial charge in [-0.3, -0.25) is 4.98 Å². The van der Waals surface area contributed by atoms with E-state index in [1.54, 1.807) is 16.4 Å². The first-order chi connectivity index (χ1) is 13.4. The molecule has 1 aromatic heterocycles. The molecule has 4 rings (SSSR count). The van der Waals surface area contributed by atoms with E-state index in [-0.39, 0.29) is 12.0 Å². The van der Waals surface area contributed by atoms with Gasteiger partial charge in [0.2, 0.25) is 10.0 Å². The molecule has 3 atom stereocenters. The molecule has 28 heavy (non-hydrogen) atoms. The van der Waals surface area contributed by atoms with Crippen molar-refractivity contribution in [3.63, 3.8) is 0 Å². The smallest absolute Gasteiger partial charge is 0.243 e. The third kappa shape index (κ3) is 3.78. The van der Waals surface area contributed by atoms with Crippen molar-refractivity contribution in [2.24, 2.45) is 11.8 Å². The zero-order chi connectivity index (χ0) is 19.7. The van der Waals surface area contributed by atoms with Crippen molar-refractivity contribution in [2.75, 3.05) is 6.54 Å². The lowest BCUT2D eigenvalue weighted by Crippen LogP contribution is -2.51. The first-order valence-electron chi connectivity index (χ1n) is 10.1. The number of sulfonamides is 1. The Hall–Kier alpha value is -1.98. The van der Waals surface area contributed by atoms with Gasteiger partial charge in [-0.1, -0.05) is 36.3 Å². The Morgan fingerprint density at radius 1 is 1.14 bits per heavy atom. The van der Waals surface area contributed by atoms with E-state index in [1.165, 1.54) is 5.57 Å². The minimum absolute atomic E-state index is 0.0405. The second-order valence-corrected chi connectivity index (χ2v) is 10.2. The molecule has 5 heteroatoms. The number of rotatable bonds is 3. The zero-order valence-electron chi connectivity index (χ0n) is 16.6. The van der Waals surface area contributed by atoms with Crippen LogP contribution in [0.15, 0.2) is 59.1 Å². The van der Waals surface area contributed by atoms with E-state index in [2.05, 4.69) is 18.0 Å². The summed E-state index contributed by atoms with van der Waals surface area (Å²) in [5.41, 5.74) is 3.39. The summed E-state index contributed by atoms with van der Waals surface area (Å²) in [5, 5.41) is 0. The van der Waals surface area contributed by atoms with Crippen LogP contribution in [0.2, 0.25) is 0 Å². The number of piperidine rings is 1. The fourth-order valence-corrected chi connectivity index (χ4v) is 6.46. The number of aromatic nitrogens is 1. The van der Waals surface area contributed by atoms with Crippen LogP contribution in [0, 0.1) is 18.8 Å². The second kappa shape index (κ2) is 7.80. The summed E-state index contributed by atoms with van der Waals surface area (Å²) < 4.78 is 28.6. The number of benzene rings is 1. The van der Waals surface area contributed by atoms with Crippen molar-refractivity contribution in [1.82, 2.24) is 9.29 Å². The zero-order valence-corrected chi connectivity index (χ0v) is 17.4. The number of hydrogen-bond acceptors (Lipinski definition) is 3. The molecule has 148 valence electrons. The third-order valence-corrected chi connectivity index (χ3v) is 8.02. The topological polar surface area (TPSA) is 50.3 Å². The molecule has 4 nitrogen and oxygen atoms in total. The maximum Gasteiger partial charge on any atom is 0.243 e. The molecular formula is C23H28N2O2S. The second-order valence-electron chi connectivity index (χ2n) is 8.26. The molecule has 1 aromatic carbocycles. The van der Waals surface area contributed by atoms with Gasteiger partial charge in [0.25, 0.3) is 0 Å². The molecule has 0 radical (unpaired) electrons. The van der Waals surface area contributed by atoms with Gasteiger partial charge < -0.3 is 0 Å². The highest BCUT2D eigenvalue weighted by atomic mass is 32.2. The van der Waals surface area contributed by atoms with Crippen molar-refractivity contribution in [1.29, 1.82) is 0 Å². The number of aryl methyl sites for hydroxylation is 1. The van der Waals surface area contributed by atoms with Crippen LogP contribution in [-0.2, 0) is 10.0 Å². The molecule has 0 N–H and O–H groups in total. The van der Waals surface area contributed by atoms with E-state index in [0.29, 0.717) is 17.4 Å². The van der Waals surface area contributed by atoms with Crippen LogP contribution in [0.25, 0.3) is 6.08 Å². The van der Waals surface area contributed by atoms with Crippen LogP contribution in [0.5, 0.6) is 0 Å². The lowest BCUT2D eigenvalue weighted by Gasteiger charge is -2.46. The van der Waals surface area contributed by atoms with Crippen LogP contribution in [0.1, 0.15) is 43.9 Å². The Bertz CT molecular complexity index is 952. The summed E-state index contributed by atoms with van der Waals surface area (Å²) in [6, 6.07) is 13.2. The molecule has 1 saturated carbocycles. The fraction of sp³-hybridized carbons (Fsp3) is 0.435. The van der Waals surface area contributed by atoms with E-state index >= 15 is 0 Å². The Morgan fingerprint density at radius 3 is 2.64 bits per heavy atom. The standard InChI is InChI=1S/C23H28N2O2S/c1-17-8-10-21(11-9-17)28(26,27)25-13-5-7-22-19(14-18(2)15-23(22)25)16-20-6-3-4-12-24-20/h3-4,6,8-12,16,18,22-23H,5,7,13-15H2,1-2H3/b19-16+/t18-,22-,23+/m1/s1. The molecule has 0 amide bonds. The maximum absolute atomic E-state index is 13.4. The average molecular weight is 397 g/mol. The summed E-state index contributed by atoms with van der Waals surface area (Å²) >= 11 is 0. The van der Waals surface area contributed by atoms with Crippen molar-refractivity contribution in [3.05, 3.63) is 65.5 Å². The fourth-order valence-electron chi connectivity index (χ4n) is 4.75. The van der Waals surface area contributed by atoms with Gasteiger partial charge in [0, 0.05) is 18.8 Å². The molecule has 0 unspecified atom stereocenters. The van der Waals surface area contributed by atoms with Crippen molar-refractivity contribution < 1.29 is 8.42 Å². The normalized spacial score (nSPS) is 27.5. The minimum Gasteiger partial charge on any atom is -0.257 e. The van der Waals surface area contributed by atoms with Crippen LogP contribution in [-0.4, -0.2) is 30.3 Å². The van der Waals surface area contributed by atoms with Crippen LogP contribution >= 0.6 is 0 Å². The first-order valence-corrected chi connectivity index (χ1v) is 11.6. The first kappa shape index (κ1) is 19.3. The highest BCUT2D eigenvalue weighted by molar-refractivity contribution is 7.89. The number of fused-ring (bicyclic) bond motifs is 1. The van der Waals surface area contributed by atoms with Crippen LogP contribution < -0.4 is 0 Å². The van der Waals surface area contributed by atoms with Crippen molar-refractivity contribution in [3.8, 4) is 0 Å². The predicted octanol–water partition coefficient (Wildman–Crippen LogP) is 4.67. The Balaban J connectivity index is 1.68. The number of pyridine rings is 1. The molecule has 0 bridgehead atoms. The summed E-state index contributed by atoms with van der Waals surface area (Å²) in [6.45, 7) is 4.82. The Labute approximate surface area is 168 Å². The highest BCUT2D eigenvalue weighted by Crippen LogP contribution is 2.43. The van der Waals surface area contributed by atoms with E-state index in [4.69, 9.17) is 0 Å². The lowest BCUT2D eigenvalue weighted by atomic mass is 9.71. The van der Waals surface area contributed by atoms with Gasteiger partial charge in [-0.25, -0.2) is 8.42 Å². The molecule has 1 saturated heterocycles. The molecule has 2 heterocycles. The van der Waals surface area contributed by atoms with Gasteiger partial charge in [0.15, 0.2) is 0 Å². The van der Waals surface area contributed by atoms with Crippen LogP contribution in [0.3, 0.4) is 0 Å². The molecule has 2 fully saturated rings. The number of hydrogen-bond donors (Lipinski definition) is 0. The van der Waals surface area contributed by atoms with Gasteiger partial charge in [-0.15, -0.1) is 0 Å². The SMILES string of the molecule is Cc1ccc(S(=O)(=O)N2CCC[C@@H]3/C(=C/c4ccccn4)C[C@@H](C)C[C@@H]32)cc1. The molecule has 1 aliphatic carbocycles. The quantitative estimate of drug-likeness (QED) is 0.757. The Morgan fingerprint density at radius 2 is 1.93 bits per heavy atom. The van der Waals surface area contributed by atoms with Crippen LogP contribution in [0.4, 0.5) is 0 Å². The van der Waals surface area contributed by atoms with E-state index in [0.717, 1.165) is 36.9 Å². The van der Waals surface area contributed by atoms with Gasteiger partial charge >= 0.3 is 0 Å². The van der Waals surface area contributed by atoms with Gasteiger partial charge in [0.05, 0.1) is 10.6 Å². The maximum atomic E-state index is 13.4. The minimum atomic E-state index is -3.48. The summed E-state index contributed by atoms with van der Waals surface area (Å²) in [5.74, 6) is 0.747. The van der Waals surface area contributed by atoms with Crippen molar-refractivity contribution in [2.45, 2.75) is 50.5 Å². The molecule has 2 aromatic rings. The predicted molar refractivity (Wildman–Crippen MR) is 112 cm³/mol. The van der Waals surface area contributed by atoms with E-state index in [1.807, 2.05) is 43.5 Å². The van der Waals surface area contributed by atoms with E-state index in [9.17, 15) is 8.42 Å².